The second-order valence-corrected chi connectivity index (χ2v) is 6.61. The number of amides is 1. The number of nitrogens with one attached hydrogen (secondary N) is 1. The van der Waals surface area contributed by atoms with E-state index in [0.717, 1.165) is 16.9 Å². The number of aromatic nitrogens is 3. The predicted octanol–water partition coefficient (Wildman–Crippen LogP) is 4.08. The summed E-state index contributed by atoms with van der Waals surface area (Å²) in [4.78, 5) is 16.6. The zero-order valence-electron chi connectivity index (χ0n) is 15.5. The fourth-order valence-corrected chi connectivity index (χ4v) is 2.84. The average Bonchev–Trinajstić information content (AvgIpc) is 3.17. The van der Waals surface area contributed by atoms with Crippen molar-refractivity contribution in [1.29, 1.82) is 0 Å². The van der Waals surface area contributed by atoms with Gasteiger partial charge in [0.25, 0.3) is 5.91 Å². The van der Waals surface area contributed by atoms with Crippen LogP contribution < -0.4 is 14.8 Å². The van der Waals surface area contributed by atoms with Crippen LogP contribution in [0.2, 0.25) is 5.02 Å². The lowest BCUT2D eigenvalue weighted by atomic mass is 10.1. The van der Waals surface area contributed by atoms with E-state index in [1.54, 1.807) is 42.0 Å². The van der Waals surface area contributed by atoms with Crippen LogP contribution in [-0.4, -0.2) is 34.2 Å². The number of methoxy groups -OCH3 is 1. The first-order chi connectivity index (χ1) is 14.1. The maximum absolute atomic E-state index is 12.1. The topological polar surface area (TPSA) is 77.8 Å². The zero-order chi connectivity index (χ0) is 20.2. The summed E-state index contributed by atoms with van der Waals surface area (Å²) in [5.74, 6) is 0.842. The number of carbonyl (C=O) groups excluding carboxylic acids is 1. The summed E-state index contributed by atoms with van der Waals surface area (Å²) in [5.41, 5.74) is 3.07. The number of ether oxygens (including phenoxy) is 2. The van der Waals surface area contributed by atoms with Crippen molar-refractivity contribution < 1.29 is 14.3 Å². The average molecular weight is 409 g/mol. The predicted molar refractivity (Wildman–Crippen MR) is 111 cm³/mol. The van der Waals surface area contributed by atoms with Gasteiger partial charge in [-0.25, -0.2) is 9.50 Å². The van der Waals surface area contributed by atoms with Gasteiger partial charge in [0, 0.05) is 22.3 Å². The number of fused-ring (bicyclic) bond motifs is 1. The van der Waals surface area contributed by atoms with Crippen molar-refractivity contribution in [3.05, 3.63) is 71.9 Å². The van der Waals surface area contributed by atoms with Crippen molar-refractivity contribution in [1.82, 2.24) is 14.6 Å². The Morgan fingerprint density at radius 1 is 1.07 bits per heavy atom. The molecule has 0 saturated heterocycles. The van der Waals surface area contributed by atoms with Crippen molar-refractivity contribution in [2.45, 2.75) is 0 Å². The maximum Gasteiger partial charge on any atom is 0.262 e. The Kier molecular flexibility index (Phi) is 5.31. The Balaban J connectivity index is 1.39. The van der Waals surface area contributed by atoms with E-state index in [4.69, 9.17) is 21.1 Å². The highest BCUT2D eigenvalue weighted by atomic mass is 35.5. The first-order valence-corrected chi connectivity index (χ1v) is 9.17. The summed E-state index contributed by atoms with van der Waals surface area (Å²) < 4.78 is 12.2. The van der Waals surface area contributed by atoms with Gasteiger partial charge in [0.15, 0.2) is 12.3 Å². The highest BCUT2D eigenvalue weighted by molar-refractivity contribution is 6.30. The molecule has 1 N–H and O–H groups in total. The molecule has 0 bridgehead atoms. The lowest BCUT2D eigenvalue weighted by Gasteiger charge is -2.08. The van der Waals surface area contributed by atoms with Gasteiger partial charge >= 0.3 is 0 Å². The second-order valence-electron chi connectivity index (χ2n) is 6.17. The summed E-state index contributed by atoms with van der Waals surface area (Å²) >= 11 is 5.83. The molecule has 29 heavy (non-hydrogen) atoms. The number of imidazole rings is 1. The fraction of sp³-hybridized carbons (Fsp3) is 0.0952. The molecule has 2 heterocycles. The van der Waals surface area contributed by atoms with Gasteiger partial charge < -0.3 is 14.8 Å². The molecule has 7 nitrogen and oxygen atoms in total. The number of anilines is 1. The molecule has 0 aliphatic rings. The molecule has 1 amide bonds. The number of carbonyl (C=O) groups is 1. The van der Waals surface area contributed by atoms with Gasteiger partial charge in [-0.15, -0.1) is 5.10 Å². The van der Waals surface area contributed by atoms with E-state index in [9.17, 15) is 4.79 Å². The molecule has 0 saturated carbocycles. The molecule has 0 aliphatic heterocycles. The minimum absolute atomic E-state index is 0.0939. The normalized spacial score (nSPS) is 10.7. The number of hydrogen-bond acceptors (Lipinski definition) is 5. The first kappa shape index (κ1) is 18.8. The number of halogens is 1. The first-order valence-electron chi connectivity index (χ1n) is 8.80. The van der Waals surface area contributed by atoms with Crippen LogP contribution >= 0.6 is 11.6 Å². The summed E-state index contributed by atoms with van der Waals surface area (Å²) in [6.07, 6.45) is 1.82. The zero-order valence-corrected chi connectivity index (χ0v) is 16.3. The molecule has 0 aliphatic carbocycles. The minimum atomic E-state index is -0.253. The van der Waals surface area contributed by atoms with Gasteiger partial charge in [-0.3, -0.25) is 4.79 Å². The van der Waals surface area contributed by atoms with Crippen LogP contribution in [0, 0.1) is 0 Å². The molecule has 8 heteroatoms. The molecular weight excluding hydrogens is 392 g/mol. The quantitative estimate of drug-likeness (QED) is 0.520. The number of rotatable bonds is 6. The number of nitrogens with zero attached hydrogens (tertiary/aromatic N) is 3. The third kappa shape index (κ3) is 4.47. The highest BCUT2D eigenvalue weighted by Gasteiger charge is 2.08. The van der Waals surface area contributed by atoms with E-state index < -0.39 is 0 Å². The van der Waals surface area contributed by atoms with Crippen LogP contribution in [0.4, 0.5) is 5.69 Å². The van der Waals surface area contributed by atoms with Crippen molar-refractivity contribution in [2.24, 2.45) is 0 Å². The minimum Gasteiger partial charge on any atom is -0.484 e. The summed E-state index contributed by atoms with van der Waals surface area (Å²) in [5, 5.41) is 7.71. The third-order valence-corrected chi connectivity index (χ3v) is 4.40. The van der Waals surface area contributed by atoms with Crippen LogP contribution in [-0.2, 0) is 4.79 Å². The molecule has 0 atom stereocenters. The van der Waals surface area contributed by atoms with E-state index in [1.807, 2.05) is 36.5 Å². The van der Waals surface area contributed by atoms with Crippen molar-refractivity contribution in [3.8, 4) is 22.9 Å². The van der Waals surface area contributed by atoms with Crippen LogP contribution in [0.1, 0.15) is 0 Å². The number of benzene rings is 2. The molecule has 0 fully saturated rings. The molecule has 146 valence electrons. The van der Waals surface area contributed by atoms with Gasteiger partial charge in [-0.2, -0.15) is 0 Å². The number of hydrogen-bond donors (Lipinski definition) is 1. The molecule has 0 unspecified atom stereocenters. The SMILES string of the molecule is COc1ccc2nc(-c3ccc(NC(=O)COc4ccc(Cl)cc4)cc3)cn2n1. The Morgan fingerprint density at radius 2 is 1.83 bits per heavy atom. The van der Waals surface area contributed by atoms with Gasteiger partial charge in [0.05, 0.1) is 19.0 Å². The lowest BCUT2D eigenvalue weighted by Crippen LogP contribution is -2.20. The molecule has 2 aromatic carbocycles. The van der Waals surface area contributed by atoms with Gasteiger partial charge in [-0.05, 0) is 42.5 Å². The summed E-state index contributed by atoms with van der Waals surface area (Å²) in [6, 6.07) is 17.8. The standard InChI is InChI=1S/C21H17ClN4O3/c1-28-21-11-10-19-24-18(12-26(19)25-21)14-2-6-16(7-3-14)23-20(27)13-29-17-8-4-15(22)5-9-17/h2-12H,13H2,1H3,(H,23,27). The van der Waals surface area contributed by atoms with E-state index in [2.05, 4.69) is 15.4 Å². The fourth-order valence-electron chi connectivity index (χ4n) is 2.71. The Labute approximate surface area is 171 Å². The van der Waals surface area contributed by atoms with E-state index >= 15 is 0 Å². The molecule has 0 spiro atoms. The molecular formula is C21H17ClN4O3. The Hall–Kier alpha value is -3.58. The smallest absolute Gasteiger partial charge is 0.262 e. The molecule has 4 aromatic rings. The largest absolute Gasteiger partial charge is 0.484 e. The van der Waals surface area contributed by atoms with E-state index in [1.165, 1.54) is 0 Å². The van der Waals surface area contributed by atoms with Gasteiger partial charge in [0.2, 0.25) is 5.88 Å². The molecule has 4 rings (SSSR count). The van der Waals surface area contributed by atoms with Gasteiger partial charge in [0.1, 0.15) is 5.75 Å². The second kappa shape index (κ2) is 8.20. The lowest BCUT2D eigenvalue weighted by molar-refractivity contribution is -0.118. The third-order valence-electron chi connectivity index (χ3n) is 4.15. The van der Waals surface area contributed by atoms with E-state index in [0.29, 0.717) is 22.3 Å². The Bertz CT molecular complexity index is 1140. The van der Waals surface area contributed by atoms with Crippen LogP contribution in [0.5, 0.6) is 11.6 Å². The van der Waals surface area contributed by atoms with E-state index in [-0.39, 0.29) is 12.5 Å². The van der Waals surface area contributed by atoms with Crippen molar-refractivity contribution in [2.75, 3.05) is 19.0 Å². The van der Waals surface area contributed by atoms with Gasteiger partial charge in [-0.1, -0.05) is 23.7 Å². The summed E-state index contributed by atoms with van der Waals surface area (Å²) in [6.45, 7) is -0.0939. The molecule has 2 aromatic heterocycles. The Morgan fingerprint density at radius 3 is 2.55 bits per heavy atom. The highest BCUT2D eigenvalue weighted by Crippen LogP contribution is 2.22. The maximum atomic E-state index is 12.1. The van der Waals surface area contributed by atoms with Crippen molar-refractivity contribution >= 4 is 28.8 Å². The van der Waals surface area contributed by atoms with Crippen LogP contribution in [0.15, 0.2) is 66.9 Å². The van der Waals surface area contributed by atoms with Crippen molar-refractivity contribution in [3.63, 3.8) is 0 Å². The monoisotopic (exact) mass is 408 g/mol. The summed E-state index contributed by atoms with van der Waals surface area (Å²) in [7, 11) is 1.57. The van der Waals surface area contributed by atoms with Crippen LogP contribution in [0.3, 0.4) is 0 Å². The van der Waals surface area contributed by atoms with Crippen LogP contribution in [0.25, 0.3) is 16.9 Å². The molecule has 0 radical (unpaired) electrons.